The molecule has 0 radical (unpaired) electrons. The lowest BCUT2D eigenvalue weighted by atomic mass is 10.2. The van der Waals surface area contributed by atoms with E-state index in [1.54, 1.807) is 0 Å². The molecule has 1 heterocycles. The molecule has 1 aliphatic heterocycles. The Labute approximate surface area is 113 Å². The zero-order chi connectivity index (χ0) is 13.7. The van der Waals surface area contributed by atoms with Crippen LogP contribution >= 0.6 is 0 Å². The minimum atomic E-state index is -0.269. The summed E-state index contributed by atoms with van der Waals surface area (Å²) in [5.41, 5.74) is 1.91. The summed E-state index contributed by atoms with van der Waals surface area (Å²) >= 11 is 0. The molecule has 19 heavy (non-hydrogen) atoms. The van der Waals surface area contributed by atoms with E-state index in [1.807, 2.05) is 30.3 Å². The Morgan fingerprint density at radius 2 is 1.89 bits per heavy atom. The van der Waals surface area contributed by atoms with Crippen LogP contribution in [0.3, 0.4) is 0 Å². The van der Waals surface area contributed by atoms with Crippen molar-refractivity contribution in [2.45, 2.75) is 6.42 Å². The highest BCUT2D eigenvalue weighted by molar-refractivity contribution is 5.92. The van der Waals surface area contributed by atoms with Gasteiger partial charge in [0.15, 0.2) is 0 Å². The number of anilines is 2. The average molecular weight is 258 g/mol. The predicted molar refractivity (Wildman–Crippen MR) is 75.0 cm³/mol. The van der Waals surface area contributed by atoms with E-state index in [-0.39, 0.29) is 12.3 Å². The zero-order valence-electron chi connectivity index (χ0n) is 11.1. The summed E-state index contributed by atoms with van der Waals surface area (Å²) in [5.74, 6) is -0.269. The van der Waals surface area contributed by atoms with Gasteiger partial charge in [0.1, 0.15) is 6.42 Å². The van der Waals surface area contributed by atoms with Crippen LogP contribution in [0.2, 0.25) is 0 Å². The maximum absolute atomic E-state index is 11.3. The van der Waals surface area contributed by atoms with Gasteiger partial charge in [-0.2, -0.15) is 5.26 Å². The summed E-state index contributed by atoms with van der Waals surface area (Å²) in [5, 5.41) is 11.1. The van der Waals surface area contributed by atoms with Crippen molar-refractivity contribution in [1.82, 2.24) is 4.90 Å². The van der Waals surface area contributed by atoms with Crippen LogP contribution in [0.1, 0.15) is 6.42 Å². The molecule has 1 fully saturated rings. The molecule has 5 heteroatoms. The van der Waals surface area contributed by atoms with Crippen LogP contribution in [0.15, 0.2) is 24.3 Å². The first-order valence-corrected chi connectivity index (χ1v) is 6.39. The third-order valence-corrected chi connectivity index (χ3v) is 3.26. The lowest BCUT2D eigenvalue weighted by Gasteiger charge is -2.34. The number of likely N-dealkylation sites (N-methyl/N-ethyl adjacent to an activating group) is 1. The molecular formula is C14H18N4O. The van der Waals surface area contributed by atoms with Crippen LogP contribution in [0, 0.1) is 11.3 Å². The highest BCUT2D eigenvalue weighted by atomic mass is 16.1. The Balaban J connectivity index is 1.95. The first-order valence-electron chi connectivity index (χ1n) is 6.39. The van der Waals surface area contributed by atoms with E-state index < -0.39 is 0 Å². The third-order valence-electron chi connectivity index (χ3n) is 3.26. The van der Waals surface area contributed by atoms with Gasteiger partial charge < -0.3 is 15.1 Å². The fourth-order valence-electron chi connectivity index (χ4n) is 2.10. The van der Waals surface area contributed by atoms with Crippen LogP contribution in [0.25, 0.3) is 0 Å². The number of nitrogens with zero attached hydrogens (tertiary/aromatic N) is 3. The smallest absolute Gasteiger partial charge is 0.238 e. The second kappa shape index (κ2) is 6.21. The van der Waals surface area contributed by atoms with Crippen molar-refractivity contribution in [2.75, 3.05) is 43.4 Å². The molecule has 1 aliphatic rings. The molecule has 1 aromatic rings. The topological polar surface area (TPSA) is 59.4 Å². The van der Waals surface area contributed by atoms with Crippen molar-refractivity contribution >= 4 is 17.3 Å². The molecule has 0 aromatic heterocycles. The summed E-state index contributed by atoms with van der Waals surface area (Å²) in [6.07, 6.45) is -0.111. The summed E-state index contributed by atoms with van der Waals surface area (Å²) in [6, 6.07) is 9.60. The monoisotopic (exact) mass is 258 g/mol. The number of nitriles is 1. The van der Waals surface area contributed by atoms with E-state index in [2.05, 4.69) is 22.2 Å². The lowest BCUT2D eigenvalue weighted by Crippen LogP contribution is -2.44. The molecule has 0 saturated carbocycles. The van der Waals surface area contributed by atoms with Crippen molar-refractivity contribution in [3.63, 3.8) is 0 Å². The number of piperazine rings is 1. The number of nitrogens with one attached hydrogen (secondary N) is 1. The number of carbonyl (C=O) groups excluding carboxylic acids is 1. The summed E-state index contributed by atoms with van der Waals surface area (Å²) in [4.78, 5) is 15.9. The number of carbonyl (C=O) groups is 1. The molecule has 0 unspecified atom stereocenters. The van der Waals surface area contributed by atoms with E-state index >= 15 is 0 Å². The number of benzene rings is 1. The molecule has 2 rings (SSSR count). The SMILES string of the molecule is CN1CCN(c2ccc(NC(=O)CC#N)cc2)CC1. The van der Waals surface area contributed by atoms with Gasteiger partial charge in [-0.25, -0.2) is 0 Å². The second-order valence-electron chi connectivity index (χ2n) is 4.72. The Morgan fingerprint density at radius 1 is 1.26 bits per heavy atom. The molecule has 1 amide bonds. The maximum Gasteiger partial charge on any atom is 0.238 e. The maximum atomic E-state index is 11.3. The fourth-order valence-corrected chi connectivity index (χ4v) is 2.10. The highest BCUT2D eigenvalue weighted by Gasteiger charge is 2.13. The Bertz CT molecular complexity index is 469. The van der Waals surface area contributed by atoms with Crippen molar-refractivity contribution in [3.05, 3.63) is 24.3 Å². The first kappa shape index (κ1) is 13.4. The molecule has 0 aliphatic carbocycles. The van der Waals surface area contributed by atoms with Crippen molar-refractivity contribution in [1.29, 1.82) is 5.26 Å². The average Bonchev–Trinajstić information content (AvgIpc) is 2.41. The summed E-state index contributed by atoms with van der Waals surface area (Å²) in [7, 11) is 2.13. The molecule has 0 bridgehead atoms. The number of hydrogen-bond donors (Lipinski definition) is 1. The minimum Gasteiger partial charge on any atom is -0.369 e. The van der Waals surface area contributed by atoms with Gasteiger partial charge in [-0.15, -0.1) is 0 Å². The van der Waals surface area contributed by atoms with Crippen LogP contribution in [0.5, 0.6) is 0 Å². The third kappa shape index (κ3) is 3.70. The Morgan fingerprint density at radius 3 is 2.47 bits per heavy atom. The number of rotatable bonds is 3. The van der Waals surface area contributed by atoms with Gasteiger partial charge in [0.2, 0.25) is 5.91 Å². The van der Waals surface area contributed by atoms with E-state index in [9.17, 15) is 4.79 Å². The quantitative estimate of drug-likeness (QED) is 0.887. The van der Waals surface area contributed by atoms with Gasteiger partial charge in [-0.3, -0.25) is 4.79 Å². The van der Waals surface area contributed by atoms with Crippen molar-refractivity contribution in [3.8, 4) is 6.07 Å². The molecular weight excluding hydrogens is 240 g/mol. The van der Waals surface area contributed by atoms with Gasteiger partial charge in [0, 0.05) is 37.6 Å². The standard InChI is InChI=1S/C14H18N4O/c1-17-8-10-18(11-9-17)13-4-2-12(3-5-13)16-14(19)6-7-15/h2-5H,6,8-11H2,1H3,(H,16,19). The second-order valence-corrected chi connectivity index (χ2v) is 4.72. The summed E-state index contributed by atoms with van der Waals surface area (Å²) < 4.78 is 0. The van der Waals surface area contributed by atoms with Crippen molar-refractivity contribution in [2.24, 2.45) is 0 Å². The van der Waals surface area contributed by atoms with Gasteiger partial charge in [0.05, 0.1) is 6.07 Å². The van der Waals surface area contributed by atoms with E-state index in [0.717, 1.165) is 31.9 Å². The van der Waals surface area contributed by atoms with Crippen LogP contribution < -0.4 is 10.2 Å². The van der Waals surface area contributed by atoms with Gasteiger partial charge in [-0.05, 0) is 31.3 Å². The molecule has 1 N–H and O–H groups in total. The Kier molecular flexibility index (Phi) is 4.37. The fraction of sp³-hybridized carbons (Fsp3) is 0.429. The van der Waals surface area contributed by atoms with Crippen LogP contribution in [-0.2, 0) is 4.79 Å². The first-order chi connectivity index (χ1) is 9.19. The molecule has 100 valence electrons. The Hall–Kier alpha value is -2.06. The van der Waals surface area contributed by atoms with Crippen LogP contribution in [0.4, 0.5) is 11.4 Å². The molecule has 0 spiro atoms. The molecule has 1 saturated heterocycles. The van der Waals surface area contributed by atoms with Gasteiger partial charge in [-0.1, -0.05) is 0 Å². The number of amides is 1. The van der Waals surface area contributed by atoms with Gasteiger partial charge >= 0.3 is 0 Å². The molecule has 0 atom stereocenters. The normalized spacial score (nSPS) is 15.9. The van der Waals surface area contributed by atoms with Gasteiger partial charge in [0.25, 0.3) is 0 Å². The minimum absolute atomic E-state index is 0.111. The molecule has 5 nitrogen and oxygen atoms in total. The van der Waals surface area contributed by atoms with E-state index in [1.165, 1.54) is 5.69 Å². The highest BCUT2D eigenvalue weighted by Crippen LogP contribution is 2.19. The lowest BCUT2D eigenvalue weighted by molar-refractivity contribution is -0.115. The predicted octanol–water partition coefficient (Wildman–Crippen LogP) is 1.29. The largest absolute Gasteiger partial charge is 0.369 e. The zero-order valence-corrected chi connectivity index (χ0v) is 11.1. The molecule has 1 aromatic carbocycles. The van der Waals surface area contributed by atoms with Crippen LogP contribution in [-0.4, -0.2) is 44.0 Å². The summed E-state index contributed by atoms with van der Waals surface area (Å²) in [6.45, 7) is 4.19. The van der Waals surface area contributed by atoms with Crippen molar-refractivity contribution < 1.29 is 4.79 Å². The van der Waals surface area contributed by atoms with E-state index in [0.29, 0.717) is 0 Å². The van der Waals surface area contributed by atoms with E-state index in [4.69, 9.17) is 5.26 Å². The number of hydrogen-bond acceptors (Lipinski definition) is 4.